The lowest BCUT2D eigenvalue weighted by atomic mass is 9.92. The van der Waals surface area contributed by atoms with Crippen LogP contribution < -0.4 is 21.1 Å². The minimum atomic E-state index is -0.623. The summed E-state index contributed by atoms with van der Waals surface area (Å²) in [5.41, 5.74) is 7.89. The second-order valence-corrected chi connectivity index (χ2v) is 10.1. The first-order valence-electron chi connectivity index (χ1n) is 13.6. The fraction of sp³-hybridized carbons (Fsp3) is 0.519. The normalized spacial score (nSPS) is 17.0. The predicted octanol–water partition coefficient (Wildman–Crippen LogP) is 2.26. The molecule has 0 spiro atoms. The Morgan fingerprint density at radius 1 is 1.20 bits per heavy atom. The topological polar surface area (TPSA) is 170 Å². The van der Waals surface area contributed by atoms with Crippen molar-refractivity contribution < 1.29 is 24.2 Å². The van der Waals surface area contributed by atoms with E-state index in [1.807, 2.05) is 13.8 Å². The predicted molar refractivity (Wildman–Crippen MR) is 149 cm³/mol. The highest BCUT2D eigenvalue weighted by molar-refractivity contribution is 6.04. The van der Waals surface area contributed by atoms with Crippen LogP contribution in [0.5, 0.6) is 5.75 Å². The van der Waals surface area contributed by atoms with Crippen LogP contribution in [0, 0.1) is 6.92 Å². The number of carbonyl (C=O) groups excluding carboxylic acids is 3. The van der Waals surface area contributed by atoms with Crippen molar-refractivity contribution in [3.63, 3.8) is 0 Å². The number of ether oxygens (including phenoxy) is 1. The Morgan fingerprint density at radius 3 is 2.58 bits per heavy atom. The quantitative estimate of drug-likeness (QED) is 0.279. The Labute approximate surface area is 232 Å². The minimum absolute atomic E-state index is 0.103. The van der Waals surface area contributed by atoms with E-state index in [-0.39, 0.29) is 35.6 Å². The molecule has 0 bridgehead atoms. The first-order valence-corrected chi connectivity index (χ1v) is 13.6. The maximum Gasteiger partial charge on any atom is 0.317 e. The minimum Gasteiger partial charge on any atom is -0.494 e. The second-order valence-electron chi connectivity index (χ2n) is 10.1. The summed E-state index contributed by atoms with van der Waals surface area (Å²) in [6, 6.07) is 4.74. The highest BCUT2D eigenvalue weighted by atomic mass is 16.5. The molecule has 216 valence electrons. The Bertz CT molecular complexity index is 1390. The van der Waals surface area contributed by atoms with E-state index in [1.165, 1.54) is 7.11 Å². The molecule has 2 aromatic heterocycles. The molecular weight excluding hydrogens is 516 g/mol. The van der Waals surface area contributed by atoms with Crippen LogP contribution in [0.4, 0.5) is 10.7 Å². The Morgan fingerprint density at radius 2 is 1.93 bits per heavy atom. The van der Waals surface area contributed by atoms with E-state index in [1.54, 1.807) is 39.4 Å². The van der Waals surface area contributed by atoms with Crippen LogP contribution in [0.1, 0.15) is 65.6 Å². The largest absolute Gasteiger partial charge is 0.494 e. The number of imidazole rings is 1. The van der Waals surface area contributed by atoms with Crippen molar-refractivity contribution in [1.82, 2.24) is 29.5 Å². The summed E-state index contributed by atoms with van der Waals surface area (Å²) < 4.78 is 8.98. The number of aliphatic hydroxyl groups excluding tert-OH is 1. The van der Waals surface area contributed by atoms with Crippen LogP contribution in [-0.4, -0.2) is 80.0 Å². The number of nitrogens with two attached hydrogens (primary N) is 1. The number of aromatic nitrogens is 4. The molecule has 4 amide bonds. The van der Waals surface area contributed by atoms with Crippen LogP contribution in [0.15, 0.2) is 18.2 Å². The van der Waals surface area contributed by atoms with Crippen molar-refractivity contribution in [2.75, 3.05) is 26.0 Å². The lowest BCUT2D eigenvalue weighted by Crippen LogP contribution is -2.45. The smallest absolute Gasteiger partial charge is 0.317 e. The van der Waals surface area contributed by atoms with E-state index in [2.05, 4.69) is 20.7 Å². The number of primary amides is 1. The van der Waals surface area contributed by atoms with Crippen LogP contribution in [0.25, 0.3) is 11.0 Å². The molecule has 0 radical (unpaired) electrons. The van der Waals surface area contributed by atoms with Gasteiger partial charge in [0.1, 0.15) is 17.0 Å². The van der Waals surface area contributed by atoms with Crippen LogP contribution in [0.3, 0.4) is 0 Å². The average Bonchev–Trinajstić information content (AvgIpc) is 3.49. The summed E-state index contributed by atoms with van der Waals surface area (Å²) in [4.78, 5) is 44.2. The number of fused-ring (bicyclic) bond motifs is 1. The molecule has 1 fully saturated rings. The number of nitrogens with zero attached hydrogens (tertiary/aromatic N) is 5. The van der Waals surface area contributed by atoms with Crippen LogP contribution in [-0.2, 0) is 13.1 Å². The van der Waals surface area contributed by atoms with Crippen LogP contribution >= 0.6 is 0 Å². The van der Waals surface area contributed by atoms with E-state index >= 15 is 0 Å². The standard InChI is InChI=1S/C27H38N8O5/c1-5-35-21(13-16(2)32-35)25(38)31-26-30-20-14-17(24(28)37)15-22(40-4)23(20)34(26)12-6-11-29-27(39)33(3)18-7-9-19(36)10-8-18/h13-15,18-19,36H,5-12H2,1-4H3,(H2,28,37)(H,29,39)(H,30,31,38). The fourth-order valence-electron chi connectivity index (χ4n) is 5.14. The first kappa shape index (κ1) is 28.9. The summed E-state index contributed by atoms with van der Waals surface area (Å²) in [6.07, 6.45) is 3.20. The summed E-state index contributed by atoms with van der Waals surface area (Å²) >= 11 is 0. The van der Waals surface area contributed by atoms with E-state index in [0.29, 0.717) is 61.4 Å². The number of nitrogens with one attached hydrogen (secondary N) is 2. The number of methoxy groups -OCH3 is 1. The number of rotatable bonds is 10. The molecule has 0 unspecified atom stereocenters. The molecule has 5 N–H and O–H groups in total. The van der Waals surface area contributed by atoms with Crippen molar-refractivity contribution in [3.05, 3.63) is 35.2 Å². The molecule has 1 aliphatic rings. The SMILES string of the molecule is CCn1nc(C)cc1C(=O)Nc1nc2cc(C(N)=O)cc(OC)c2n1CCCNC(=O)N(C)C1CCC(O)CC1. The zero-order valence-electron chi connectivity index (χ0n) is 23.4. The summed E-state index contributed by atoms with van der Waals surface area (Å²) in [6.45, 7) is 5.02. The van der Waals surface area contributed by atoms with E-state index in [4.69, 9.17) is 10.5 Å². The number of aryl methyl sites for hydroxylation is 3. The lowest BCUT2D eigenvalue weighted by molar-refractivity contribution is 0.0918. The maximum absolute atomic E-state index is 13.2. The molecule has 0 saturated heterocycles. The van der Waals surface area contributed by atoms with Crippen molar-refractivity contribution >= 4 is 34.8 Å². The number of hydrogen-bond acceptors (Lipinski definition) is 7. The number of amides is 4. The van der Waals surface area contributed by atoms with Crippen molar-refractivity contribution in [3.8, 4) is 5.75 Å². The zero-order chi connectivity index (χ0) is 29.0. The third-order valence-corrected chi connectivity index (χ3v) is 7.34. The van der Waals surface area contributed by atoms with Gasteiger partial charge in [0, 0.05) is 38.3 Å². The molecule has 0 atom stereocenters. The second kappa shape index (κ2) is 12.4. The molecule has 13 nitrogen and oxygen atoms in total. The van der Waals surface area contributed by atoms with Gasteiger partial charge in [0.2, 0.25) is 11.9 Å². The van der Waals surface area contributed by atoms with Crippen molar-refractivity contribution in [1.29, 1.82) is 0 Å². The monoisotopic (exact) mass is 554 g/mol. The van der Waals surface area contributed by atoms with Crippen molar-refractivity contribution in [2.24, 2.45) is 5.73 Å². The van der Waals surface area contributed by atoms with Crippen molar-refractivity contribution in [2.45, 2.75) is 71.2 Å². The van der Waals surface area contributed by atoms with Gasteiger partial charge in [-0.05, 0) is 64.2 Å². The number of anilines is 1. The first-order chi connectivity index (χ1) is 19.1. The molecule has 2 heterocycles. The molecule has 0 aliphatic heterocycles. The van der Waals surface area contributed by atoms with Gasteiger partial charge in [-0.3, -0.25) is 19.6 Å². The Kier molecular flexibility index (Phi) is 8.93. The number of aliphatic hydroxyl groups is 1. The Hall–Kier alpha value is -4.13. The molecule has 1 aliphatic carbocycles. The highest BCUT2D eigenvalue weighted by Crippen LogP contribution is 2.31. The lowest BCUT2D eigenvalue weighted by Gasteiger charge is -2.33. The molecule has 13 heteroatoms. The highest BCUT2D eigenvalue weighted by Gasteiger charge is 2.26. The van der Waals surface area contributed by atoms with Gasteiger partial charge in [0.15, 0.2) is 0 Å². The Balaban J connectivity index is 1.54. The third-order valence-electron chi connectivity index (χ3n) is 7.34. The van der Waals surface area contributed by atoms with Gasteiger partial charge in [-0.2, -0.15) is 5.10 Å². The van der Waals surface area contributed by atoms with E-state index in [9.17, 15) is 19.5 Å². The van der Waals surface area contributed by atoms with Gasteiger partial charge in [-0.1, -0.05) is 0 Å². The molecular formula is C27H38N8O5. The van der Waals surface area contributed by atoms with Gasteiger partial charge in [-0.15, -0.1) is 0 Å². The van der Waals surface area contributed by atoms with E-state index in [0.717, 1.165) is 18.5 Å². The summed E-state index contributed by atoms with van der Waals surface area (Å²) in [5, 5.41) is 19.9. The third kappa shape index (κ3) is 6.19. The van der Waals surface area contributed by atoms with Gasteiger partial charge in [-0.25, -0.2) is 9.78 Å². The molecule has 40 heavy (non-hydrogen) atoms. The summed E-state index contributed by atoms with van der Waals surface area (Å²) in [5.74, 6) is -0.342. The molecule has 1 saturated carbocycles. The average molecular weight is 555 g/mol. The molecule has 4 rings (SSSR count). The fourth-order valence-corrected chi connectivity index (χ4v) is 5.14. The number of carbonyl (C=O) groups is 3. The number of hydrogen-bond donors (Lipinski definition) is 4. The van der Waals surface area contributed by atoms with Gasteiger partial charge in [0.25, 0.3) is 5.91 Å². The summed E-state index contributed by atoms with van der Waals surface area (Å²) in [7, 11) is 3.26. The van der Waals surface area contributed by atoms with Gasteiger partial charge in [0.05, 0.1) is 24.4 Å². The molecule has 1 aromatic carbocycles. The van der Waals surface area contributed by atoms with Gasteiger partial charge >= 0.3 is 6.03 Å². The zero-order valence-corrected chi connectivity index (χ0v) is 23.4. The molecule has 3 aromatic rings. The number of urea groups is 1. The maximum atomic E-state index is 13.2. The van der Waals surface area contributed by atoms with Crippen LogP contribution in [0.2, 0.25) is 0 Å². The van der Waals surface area contributed by atoms with E-state index < -0.39 is 5.91 Å². The number of benzene rings is 1. The van der Waals surface area contributed by atoms with Gasteiger partial charge < -0.3 is 30.4 Å².